The van der Waals surface area contributed by atoms with Crippen LogP contribution in [0.15, 0.2) is 24.4 Å². The summed E-state index contributed by atoms with van der Waals surface area (Å²) >= 11 is 0. The molecule has 1 saturated carbocycles. The number of pyridine rings is 1. The molecule has 1 aliphatic carbocycles. The number of hydrogen-bond acceptors (Lipinski definition) is 3. The van der Waals surface area contributed by atoms with E-state index in [2.05, 4.69) is 15.6 Å². The lowest BCUT2D eigenvalue weighted by Gasteiger charge is -2.15. The van der Waals surface area contributed by atoms with E-state index in [9.17, 15) is 9.90 Å². The van der Waals surface area contributed by atoms with E-state index >= 15 is 0 Å². The molecule has 1 aromatic heterocycles. The third-order valence-electron chi connectivity index (χ3n) is 3.05. The Morgan fingerprint density at radius 3 is 3.00 bits per heavy atom. The van der Waals surface area contributed by atoms with Crippen molar-refractivity contribution in [3.8, 4) is 0 Å². The topological polar surface area (TPSA) is 74.2 Å². The number of aliphatic hydroxyl groups excluding tert-OH is 1. The highest BCUT2D eigenvalue weighted by molar-refractivity contribution is 5.88. The molecule has 1 fully saturated rings. The third-order valence-corrected chi connectivity index (χ3v) is 3.05. The Bertz CT molecular complexity index is 369. The molecule has 2 amide bonds. The van der Waals surface area contributed by atoms with Crippen molar-refractivity contribution in [1.82, 2.24) is 10.3 Å². The number of nitrogens with one attached hydrogen (secondary N) is 2. The zero-order valence-electron chi connectivity index (χ0n) is 9.60. The summed E-state index contributed by atoms with van der Waals surface area (Å²) in [6.45, 7) is 0.514. The summed E-state index contributed by atoms with van der Waals surface area (Å²) in [6, 6.07) is 5.05. The summed E-state index contributed by atoms with van der Waals surface area (Å²) in [5.41, 5.74) is 0. The fourth-order valence-electron chi connectivity index (χ4n) is 2.08. The highest BCUT2D eigenvalue weighted by atomic mass is 16.3. The summed E-state index contributed by atoms with van der Waals surface area (Å²) < 4.78 is 0. The first-order valence-corrected chi connectivity index (χ1v) is 5.89. The molecular weight excluding hydrogens is 218 g/mol. The molecule has 2 rings (SSSR count). The quantitative estimate of drug-likeness (QED) is 0.740. The molecule has 17 heavy (non-hydrogen) atoms. The number of hydrogen-bond donors (Lipinski definition) is 3. The zero-order chi connectivity index (χ0) is 12.1. The number of anilines is 1. The van der Waals surface area contributed by atoms with Gasteiger partial charge in [0.05, 0.1) is 6.10 Å². The second-order valence-electron chi connectivity index (χ2n) is 4.31. The van der Waals surface area contributed by atoms with Crippen molar-refractivity contribution in [2.45, 2.75) is 25.4 Å². The van der Waals surface area contributed by atoms with Gasteiger partial charge in [0.1, 0.15) is 5.82 Å². The molecule has 0 bridgehead atoms. The summed E-state index contributed by atoms with van der Waals surface area (Å²) in [4.78, 5) is 15.5. The Morgan fingerprint density at radius 2 is 2.35 bits per heavy atom. The highest BCUT2D eigenvalue weighted by Crippen LogP contribution is 2.24. The van der Waals surface area contributed by atoms with Crippen LogP contribution >= 0.6 is 0 Å². The molecule has 0 saturated heterocycles. The first-order valence-electron chi connectivity index (χ1n) is 5.89. The van der Waals surface area contributed by atoms with E-state index in [1.165, 1.54) is 0 Å². The van der Waals surface area contributed by atoms with Crippen molar-refractivity contribution in [3.05, 3.63) is 24.4 Å². The Kier molecular flexibility index (Phi) is 3.93. The first kappa shape index (κ1) is 11.9. The molecule has 1 heterocycles. The van der Waals surface area contributed by atoms with Gasteiger partial charge in [0.15, 0.2) is 0 Å². The number of rotatable bonds is 3. The highest BCUT2D eigenvalue weighted by Gasteiger charge is 2.25. The summed E-state index contributed by atoms with van der Waals surface area (Å²) in [6.07, 6.45) is 4.20. The van der Waals surface area contributed by atoms with Crippen LogP contribution in [0.4, 0.5) is 10.6 Å². The minimum Gasteiger partial charge on any atom is -0.393 e. The molecule has 1 aliphatic rings. The van der Waals surface area contributed by atoms with E-state index < -0.39 is 0 Å². The fraction of sp³-hybridized carbons (Fsp3) is 0.500. The molecule has 0 radical (unpaired) electrons. The number of carbonyl (C=O) groups is 1. The lowest BCUT2D eigenvalue weighted by molar-refractivity contribution is 0.133. The van der Waals surface area contributed by atoms with E-state index in [-0.39, 0.29) is 18.1 Å². The normalized spacial score (nSPS) is 23.4. The number of aromatic nitrogens is 1. The Morgan fingerprint density at radius 1 is 1.47 bits per heavy atom. The van der Waals surface area contributed by atoms with Crippen molar-refractivity contribution in [2.75, 3.05) is 11.9 Å². The molecular formula is C12H17N3O2. The van der Waals surface area contributed by atoms with Gasteiger partial charge in [-0.3, -0.25) is 5.32 Å². The second-order valence-corrected chi connectivity index (χ2v) is 4.31. The molecule has 2 atom stereocenters. The lowest BCUT2D eigenvalue weighted by atomic mass is 10.1. The molecule has 1 aromatic rings. The van der Waals surface area contributed by atoms with E-state index in [1.807, 2.05) is 6.07 Å². The first-order chi connectivity index (χ1) is 8.25. The lowest BCUT2D eigenvalue weighted by Crippen LogP contribution is -2.35. The van der Waals surface area contributed by atoms with Crippen LogP contribution in [0, 0.1) is 5.92 Å². The van der Waals surface area contributed by atoms with Gasteiger partial charge in [-0.05, 0) is 25.0 Å². The number of carbonyl (C=O) groups excluding carboxylic acids is 1. The van der Waals surface area contributed by atoms with Gasteiger partial charge in [0.25, 0.3) is 0 Å². The van der Waals surface area contributed by atoms with Crippen LogP contribution in [-0.4, -0.2) is 28.8 Å². The maximum Gasteiger partial charge on any atom is 0.320 e. The molecule has 0 spiro atoms. The van der Waals surface area contributed by atoms with E-state index in [4.69, 9.17) is 0 Å². The van der Waals surface area contributed by atoms with Gasteiger partial charge < -0.3 is 10.4 Å². The van der Waals surface area contributed by atoms with Crippen molar-refractivity contribution in [2.24, 2.45) is 5.92 Å². The SMILES string of the molecule is O=C(NC[C@@H]1CCC[C@@H]1O)Nc1ccccn1. The van der Waals surface area contributed by atoms with Crippen molar-refractivity contribution < 1.29 is 9.90 Å². The number of urea groups is 1. The maximum atomic E-state index is 11.5. The van der Waals surface area contributed by atoms with Gasteiger partial charge >= 0.3 is 6.03 Å². The minimum atomic E-state index is -0.275. The van der Waals surface area contributed by atoms with Gasteiger partial charge in [0.2, 0.25) is 0 Å². The molecule has 5 heteroatoms. The summed E-state index contributed by atoms with van der Waals surface area (Å²) in [5.74, 6) is 0.710. The van der Waals surface area contributed by atoms with Gasteiger partial charge in [-0.15, -0.1) is 0 Å². The molecule has 0 aromatic carbocycles. The van der Waals surface area contributed by atoms with E-state index in [0.717, 1.165) is 19.3 Å². The van der Waals surface area contributed by atoms with Crippen LogP contribution < -0.4 is 10.6 Å². The third kappa shape index (κ3) is 3.42. The number of amides is 2. The molecule has 92 valence electrons. The van der Waals surface area contributed by atoms with Crippen molar-refractivity contribution in [1.29, 1.82) is 0 Å². The molecule has 0 unspecified atom stereocenters. The molecule has 3 N–H and O–H groups in total. The minimum absolute atomic E-state index is 0.185. The van der Waals surface area contributed by atoms with Crippen LogP contribution in [0.3, 0.4) is 0 Å². The predicted octanol–water partition coefficient (Wildman–Crippen LogP) is 1.36. The van der Waals surface area contributed by atoms with Crippen molar-refractivity contribution >= 4 is 11.8 Å². The van der Waals surface area contributed by atoms with Crippen molar-refractivity contribution in [3.63, 3.8) is 0 Å². The van der Waals surface area contributed by atoms with Crippen LogP contribution in [0.2, 0.25) is 0 Å². The smallest absolute Gasteiger partial charge is 0.320 e. The number of nitrogens with zero attached hydrogens (tertiary/aromatic N) is 1. The monoisotopic (exact) mass is 235 g/mol. The number of aliphatic hydroxyl groups is 1. The Balaban J connectivity index is 1.74. The van der Waals surface area contributed by atoms with Gasteiger partial charge in [-0.2, -0.15) is 0 Å². The second kappa shape index (κ2) is 5.63. The van der Waals surface area contributed by atoms with E-state index in [1.54, 1.807) is 18.3 Å². The zero-order valence-corrected chi connectivity index (χ0v) is 9.60. The average molecular weight is 235 g/mol. The average Bonchev–Trinajstić information content (AvgIpc) is 2.74. The van der Waals surface area contributed by atoms with Crippen LogP contribution in [0.5, 0.6) is 0 Å². The largest absolute Gasteiger partial charge is 0.393 e. The Hall–Kier alpha value is -1.62. The van der Waals surface area contributed by atoms with Crippen LogP contribution in [0.1, 0.15) is 19.3 Å². The van der Waals surface area contributed by atoms with Gasteiger partial charge in [0, 0.05) is 18.7 Å². The van der Waals surface area contributed by atoms with Gasteiger partial charge in [-0.1, -0.05) is 12.5 Å². The van der Waals surface area contributed by atoms with E-state index in [0.29, 0.717) is 12.4 Å². The van der Waals surface area contributed by atoms with Crippen LogP contribution in [0.25, 0.3) is 0 Å². The fourth-order valence-corrected chi connectivity index (χ4v) is 2.08. The Labute approximate surface area is 100 Å². The summed E-state index contributed by atoms with van der Waals surface area (Å²) in [7, 11) is 0. The van der Waals surface area contributed by atoms with Gasteiger partial charge in [-0.25, -0.2) is 9.78 Å². The molecule has 0 aliphatic heterocycles. The van der Waals surface area contributed by atoms with Crippen LogP contribution in [-0.2, 0) is 0 Å². The standard InChI is InChI=1S/C12H17N3O2/c16-10-5-3-4-9(10)8-14-12(17)15-11-6-1-2-7-13-11/h1-2,6-7,9-10,16H,3-5,8H2,(H2,13,14,15,17)/t9-,10-/m0/s1. The molecule has 5 nitrogen and oxygen atoms in total. The maximum absolute atomic E-state index is 11.5. The summed E-state index contributed by atoms with van der Waals surface area (Å²) in [5, 5.41) is 15.0. The predicted molar refractivity (Wildman–Crippen MR) is 64.6 cm³/mol.